The van der Waals surface area contributed by atoms with Crippen LogP contribution in [0.25, 0.3) is 11.1 Å². The largest absolute Gasteiger partial charge is 0.265 e. The van der Waals surface area contributed by atoms with Crippen molar-refractivity contribution in [3.63, 3.8) is 0 Å². The maximum atomic E-state index is 4.05. The van der Waals surface area contributed by atoms with Crippen LogP contribution in [0.3, 0.4) is 0 Å². The summed E-state index contributed by atoms with van der Waals surface area (Å²) in [5.41, 5.74) is 7.19. The lowest BCUT2D eigenvalue weighted by atomic mass is 10.0. The van der Waals surface area contributed by atoms with Crippen molar-refractivity contribution in [2.24, 2.45) is 0 Å². The van der Waals surface area contributed by atoms with Crippen LogP contribution in [-0.4, -0.2) is 9.97 Å². The fourth-order valence-corrected chi connectivity index (χ4v) is 1.87. The van der Waals surface area contributed by atoms with E-state index >= 15 is 0 Å². The van der Waals surface area contributed by atoms with Crippen molar-refractivity contribution >= 4 is 11.1 Å². The Hall–Kier alpha value is -2.70. The van der Waals surface area contributed by atoms with Gasteiger partial charge in [0.05, 0.1) is 0 Å². The van der Waals surface area contributed by atoms with Crippen molar-refractivity contribution < 1.29 is 0 Å². The summed E-state index contributed by atoms with van der Waals surface area (Å²) in [5.74, 6) is 0. The normalized spacial score (nSPS) is 11.3. The fraction of sp³-hybridized carbons (Fsp3) is 0.0556. The minimum atomic E-state index is 0.942. The van der Waals surface area contributed by atoms with Gasteiger partial charge in [-0.3, -0.25) is 9.97 Å². The molecule has 0 amide bonds. The molecule has 2 nitrogen and oxygen atoms in total. The zero-order valence-corrected chi connectivity index (χ0v) is 11.5. The number of hydrogen-bond donors (Lipinski definition) is 0. The van der Waals surface area contributed by atoms with Gasteiger partial charge in [-0.1, -0.05) is 18.7 Å². The highest BCUT2D eigenvalue weighted by molar-refractivity contribution is 5.86. The minimum absolute atomic E-state index is 0.942. The van der Waals surface area contributed by atoms with Crippen LogP contribution in [0.1, 0.15) is 18.1 Å². The third-order valence-electron chi connectivity index (χ3n) is 2.84. The molecule has 0 spiro atoms. The SMILES string of the molecule is C=C=C(/C=C(\C=C/C)c1ccncc1)c1ccncc1. The summed E-state index contributed by atoms with van der Waals surface area (Å²) in [6, 6.07) is 7.87. The van der Waals surface area contributed by atoms with Crippen molar-refractivity contribution in [1.29, 1.82) is 0 Å². The molecule has 2 heterocycles. The molecule has 98 valence electrons. The molecule has 2 heteroatoms. The van der Waals surface area contributed by atoms with E-state index in [4.69, 9.17) is 0 Å². The summed E-state index contributed by atoms with van der Waals surface area (Å²) in [6.07, 6.45) is 13.3. The predicted molar refractivity (Wildman–Crippen MR) is 83.8 cm³/mol. The summed E-state index contributed by atoms with van der Waals surface area (Å²) in [5, 5.41) is 0. The van der Waals surface area contributed by atoms with Gasteiger partial charge in [-0.15, -0.1) is 5.73 Å². The Morgan fingerprint density at radius 2 is 1.55 bits per heavy atom. The summed E-state index contributed by atoms with van der Waals surface area (Å²) in [7, 11) is 0. The van der Waals surface area contributed by atoms with E-state index in [1.807, 2.05) is 37.3 Å². The first-order valence-corrected chi connectivity index (χ1v) is 6.40. The molecular formula is C18H16N2. The number of hydrogen-bond acceptors (Lipinski definition) is 2. The van der Waals surface area contributed by atoms with E-state index in [9.17, 15) is 0 Å². The Kier molecular flexibility index (Phi) is 4.82. The second-order valence-corrected chi connectivity index (χ2v) is 4.16. The van der Waals surface area contributed by atoms with Gasteiger partial charge in [-0.25, -0.2) is 0 Å². The summed E-state index contributed by atoms with van der Waals surface area (Å²) in [6.45, 7) is 5.78. The second kappa shape index (κ2) is 7.03. The zero-order valence-electron chi connectivity index (χ0n) is 11.5. The number of pyridine rings is 2. The maximum Gasteiger partial charge on any atom is 0.0274 e. The summed E-state index contributed by atoms with van der Waals surface area (Å²) in [4.78, 5) is 8.08. The third-order valence-corrected chi connectivity index (χ3v) is 2.84. The highest BCUT2D eigenvalue weighted by Gasteiger charge is 2.01. The fourth-order valence-electron chi connectivity index (χ4n) is 1.87. The number of aromatic nitrogens is 2. The van der Waals surface area contributed by atoms with Crippen LogP contribution in [0.4, 0.5) is 0 Å². The number of allylic oxidation sites excluding steroid dienone is 5. The van der Waals surface area contributed by atoms with Gasteiger partial charge in [0, 0.05) is 30.4 Å². The van der Waals surface area contributed by atoms with Crippen molar-refractivity contribution in [3.05, 3.63) is 90.7 Å². The predicted octanol–water partition coefficient (Wildman–Crippen LogP) is 4.30. The number of nitrogens with zero attached hydrogens (tertiary/aromatic N) is 2. The van der Waals surface area contributed by atoms with E-state index in [1.165, 1.54) is 0 Å². The van der Waals surface area contributed by atoms with Gasteiger partial charge >= 0.3 is 0 Å². The molecular weight excluding hydrogens is 244 g/mol. The smallest absolute Gasteiger partial charge is 0.0274 e. The van der Waals surface area contributed by atoms with Gasteiger partial charge < -0.3 is 0 Å². The maximum absolute atomic E-state index is 4.05. The molecule has 0 fully saturated rings. The van der Waals surface area contributed by atoms with Crippen LogP contribution in [0.15, 0.2) is 79.6 Å². The lowest BCUT2D eigenvalue weighted by Gasteiger charge is -2.05. The van der Waals surface area contributed by atoms with Crippen molar-refractivity contribution in [1.82, 2.24) is 9.97 Å². The second-order valence-electron chi connectivity index (χ2n) is 4.16. The van der Waals surface area contributed by atoms with Crippen LogP contribution >= 0.6 is 0 Å². The minimum Gasteiger partial charge on any atom is -0.265 e. The lowest BCUT2D eigenvalue weighted by molar-refractivity contribution is 1.31. The molecule has 2 aromatic rings. The molecule has 0 aliphatic carbocycles. The van der Waals surface area contributed by atoms with E-state index in [1.54, 1.807) is 24.8 Å². The zero-order chi connectivity index (χ0) is 14.2. The van der Waals surface area contributed by atoms with Crippen LogP contribution in [0.5, 0.6) is 0 Å². The van der Waals surface area contributed by atoms with Gasteiger partial charge in [0.1, 0.15) is 0 Å². The van der Waals surface area contributed by atoms with Gasteiger partial charge in [-0.2, -0.15) is 0 Å². The summed E-state index contributed by atoms with van der Waals surface area (Å²) < 4.78 is 0. The topological polar surface area (TPSA) is 25.8 Å². The van der Waals surface area contributed by atoms with Crippen LogP contribution in [-0.2, 0) is 0 Å². The first kappa shape index (κ1) is 13.7. The molecule has 0 atom stereocenters. The molecule has 0 bridgehead atoms. The van der Waals surface area contributed by atoms with Crippen LogP contribution in [0.2, 0.25) is 0 Å². The Balaban J connectivity index is 2.46. The van der Waals surface area contributed by atoms with Crippen molar-refractivity contribution in [3.8, 4) is 0 Å². The Labute approximate surface area is 119 Å². The van der Waals surface area contributed by atoms with Crippen LogP contribution < -0.4 is 0 Å². The van der Waals surface area contributed by atoms with Gasteiger partial charge in [-0.05, 0) is 54.0 Å². The molecule has 0 aromatic carbocycles. The Bertz CT molecular complexity index is 661. The van der Waals surface area contributed by atoms with E-state index in [-0.39, 0.29) is 0 Å². The molecule has 0 N–H and O–H groups in total. The quantitative estimate of drug-likeness (QED) is 0.605. The molecule has 0 radical (unpaired) electrons. The van der Waals surface area contributed by atoms with E-state index < -0.39 is 0 Å². The molecule has 0 saturated carbocycles. The Morgan fingerprint density at radius 1 is 1.00 bits per heavy atom. The highest BCUT2D eigenvalue weighted by atomic mass is 14.6. The van der Waals surface area contributed by atoms with Gasteiger partial charge in [0.2, 0.25) is 0 Å². The summed E-state index contributed by atoms with van der Waals surface area (Å²) >= 11 is 0. The standard InChI is InChI=1S/C18H16N2/c1-3-5-18(17-8-12-20-13-9-17)14-15(4-2)16-6-10-19-11-7-16/h3,5-14H,2H2,1H3/b5-3-,18-14+. The van der Waals surface area contributed by atoms with Crippen molar-refractivity contribution in [2.45, 2.75) is 6.92 Å². The van der Waals surface area contributed by atoms with Crippen LogP contribution in [0, 0.1) is 0 Å². The molecule has 0 saturated heterocycles. The Morgan fingerprint density at radius 3 is 2.05 bits per heavy atom. The number of rotatable bonds is 4. The lowest BCUT2D eigenvalue weighted by Crippen LogP contribution is -1.85. The first-order chi connectivity index (χ1) is 9.85. The van der Waals surface area contributed by atoms with E-state index in [0.29, 0.717) is 0 Å². The molecule has 0 aliphatic heterocycles. The van der Waals surface area contributed by atoms with E-state index in [2.05, 4.69) is 34.4 Å². The van der Waals surface area contributed by atoms with E-state index in [0.717, 1.165) is 22.3 Å². The molecule has 0 unspecified atom stereocenters. The third kappa shape index (κ3) is 3.41. The average Bonchev–Trinajstić information content (AvgIpc) is 2.53. The van der Waals surface area contributed by atoms with Gasteiger partial charge in [0.25, 0.3) is 0 Å². The first-order valence-electron chi connectivity index (χ1n) is 6.40. The molecule has 0 aliphatic rings. The van der Waals surface area contributed by atoms with Gasteiger partial charge in [0.15, 0.2) is 0 Å². The molecule has 2 rings (SSSR count). The molecule has 20 heavy (non-hydrogen) atoms. The molecule has 2 aromatic heterocycles. The monoisotopic (exact) mass is 260 g/mol. The average molecular weight is 260 g/mol. The highest BCUT2D eigenvalue weighted by Crippen LogP contribution is 2.22. The van der Waals surface area contributed by atoms with Crippen molar-refractivity contribution in [2.75, 3.05) is 0 Å².